The molecule has 4 heteroatoms. The largest absolute Gasteiger partial charge is 0.326 e. The number of hydrogen-bond acceptors (Lipinski definition) is 4. The van der Waals surface area contributed by atoms with Crippen LogP contribution in [-0.4, -0.2) is 21.9 Å². The van der Waals surface area contributed by atoms with E-state index in [1.54, 1.807) is 0 Å². The van der Waals surface area contributed by atoms with Gasteiger partial charge in [-0.2, -0.15) is 0 Å². The summed E-state index contributed by atoms with van der Waals surface area (Å²) < 4.78 is 0.776. The molecule has 0 atom stereocenters. The monoisotopic (exact) mass is 258 g/mol. The maximum Gasteiger partial charge on any atom is 0.133 e. The smallest absolute Gasteiger partial charge is 0.133 e. The van der Waals surface area contributed by atoms with Crippen molar-refractivity contribution in [3.05, 3.63) is 21.5 Å². The van der Waals surface area contributed by atoms with Crippen LogP contribution in [0.3, 0.4) is 0 Å². The predicted octanol–water partition coefficient (Wildman–Crippen LogP) is 3.66. The molecule has 1 heterocycles. The fraction of sp³-hybridized carbons (Fsp3) is 0.667. The van der Waals surface area contributed by atoms with Gasteiger partial charge in [0.1, 0.15) is 5.82 Å². The first-order valence-corrected chi connectivity index (χ1v) is 6.56. The van der Waals surface area contributed by atoms with E-state index in [2.05, 4.69) is 76.6 Å². The third kappa shape index (κ3) is 2.23. The standard InChI is InChI=1S/C12H22N2S2/c1-7(2)13-9(5)10(6)14(8(3)4)11(13)12(15)16/h7-8,15-16H,1-6H3. The second-order valence-electron chi connectivity index (χ2n) is 4.75. The molecule has 0 aromatic rings. The summed E-state index contributed by atoms with van der Waals surface area (Å²) in [6.45, 7) is 13.1. The van der Waals surface area contributed by atoms with Crippen LogP contribution in [0.4, 0.5) is 0 Å². The van der Waals surface area contributed by atoms with Gasteiger partial charge in [-0.3, -0.25) is 0 Å². The highest BCUT2D eigenvalue weighted by Crippen LogP contribution is 2.38. The first-order valence-electron chi connectivity index (χ1n) is 5.67. The molecule has 0 aromatic carbocycles. The second-order valence-corrected chi connectivity index (χ2v) is 5.99. The molecular formula is C12H22N2S2. The lowest BCUT2D eigenvalue weighted by molar-refractivity contribution is 0.268. The third-order valence-corrected chi connectivity index (χ3v) is 3.34. The molecule has 0 bridgehead atoms. The Morgan fingerprint density at radius 3 is 1.38 bits per heavy atom. The van der Waals surface area contributed by atoms with Gasteiger partial charge < -0.3 is 9.80 Å². The van der Waals surface area contributed by atoms with Gasteiger partial charge in [0.25, 0.3) is 0 Å². The van der Waals surface area contributed by atoms with Crippen LogP contribution >= 0.6 is 25.3 Å². The number of nitrogens with zero attached hydrogens (tertiary/aromatic N) is 2. The fourth-order valence-corrected chi connectivity index (χ4v) is 2.69. The van der Waals surface area contributed by atoms with Crippen LogP contribution in [0.15, 0.2) is 21.5 Å². The topological polar surface area (TPSA) is 6.48 Å². The van der Waals surface area contributed by atoms with E-state index in [0.717, 1.165) is 10.1 Å². The van der Waals surface area contributed by atoms with Gasteiger partial charge in [-0.15, -0.1) is 25.3 Å². The molecule has 0 radical (unpaired) electrons. The van der Waals surface area contributed by atoms with Crippen molar-refractivity contribution in [2.24, 2.45) is 0 Å². The van der Waals surface area contributed by atoms with Gasteiger partial charge in [0.2, 0.25) is 0 Å². The minimum atomic E-state index is 0.419. The highest BCUT2D eigenvalue weighted by molar-refractivity contribution is 8.05. The van der Waals surface area contributed by atoms with Gasteiger partial charge in [0, 0.05) is 23.5 Å². The lowest BCUT2D eigenvalue weighted by Gasteiger charge is -2.32. The molecule has 1 rings (SSSR count). The van der Waals surface area contributed by atoms with Crippen molar-refractivity contribution >= 4 is 25.3 Å². The Labute approximate surface area is 110 Å². The molecule has 0 aromatic heterocycles. The van der Waals surface area contributed by atoms with Crippen molar-refractivity contribution in [3.8, 4) is 0 Å². The fourth-order valence-electron chi connectivity index (χ4n) is 2.26. The first-order chi connectivity index (χ1) is 7.29. The Bertz CT molecular complexity index is 313. The zero-order chi connectivity index (χ0) is 12.6. The first kappa shape index (κ1) is 13.8. The van der Waals surface area contributed by atoms with E-state index in [-0.39, 0.29) is 0 Å². The molecule has 0 saturated heterocycles. The Kier molecular flexibility index (Phi) is 4.29. The maximum absolute atomic E-state index is 4.42. The van der Waals surface area contributed by atoms with Crippen LogP contribution in [0.2, 0.25) is 0 Å². The predicted molar refractivity (Wildman–Crippen MR) is 77.3 cm³/mol. The van der Waals surface area contributed by atoms with Crippen LogP contribution in [-0.2, 0) is 0 Å². The number of rotatable bonds is 2. The molecule has 16 heavy (non-hydrogen) atoms. The average molecular weight is 258 g/mol. The summed E-state index contributed by atoms with van der Waals surface area (Å²) in [4.78, 5) is 4.59. The number of thiol groups is 2. The Morgan fingerprint density at radius 2 is 1.19 bits per heavy atom. The number of hydrogen-bond donors (Lipinski definition) is 2. The second kappa shape index (κ2) is 4.96. The summed E-state index contributed by atoms with van der Waals surface area (Å²) in [6, 6.07) is 0.839. The summed E-state index contributed by atoms with van der Waals surface area (Å²) in [6.07, 6.45) is 0. The Balaban J connectivity index is 3.29. The van der Waals surface area contributed by atoms with Crippen LogP contribution in [0, 0.1) is 0 Å². The third-order valence-electron chi connectivity index (χ3n) is 2.94. The Hall–Kier alpha value is -0.220. The van der Waals surface area contributed by atoms with Crippen molar-refractivity contribution in [2.75, 3.05) is 0 Å². The summed E-state index contributed by atoms with van der Waals surface area (Å²) in [7, 11) is 0. The quantitative estimate of drug-likeness (QED) is 0.730. The SMILES string of the molecule is CC1=C(C)N(C(C)C)C(=C(S)S)N1C(C)C. The van der Waals surface area contributed by atoms with Crippen LogP contribution in [0.5, 0.6) is 0 Å². The minimum Gasteiger partial charge on any atom is -0.326 e. The van der Waals surface area contributed by atoms with Crippen molar-refractivity contribution in [3.63, 3.8) is 0 Å². The normalized spacial score (nSPS) is 17.2. The molecule has 0 saturated carbocycles. The van der Waals surface area contributed by atoms with E-state index >= 15 is 0 Å². The zero-order valence-corrected chi connectivity index (χ0v) is 12.7. The van der Waals surface area contributed by atoms with E-state index in [4.69, 9.17) is 0 Å². The highest BCUT2D eigenvalue weighted by atomic mass is 32.2. The molecule has 1 aliphatic rings. The van der Waals surface area contributed by atoms with Gasteiger partial charge in [0.05, 0.1) is 4.24 Å². The molecule has 0 aliphatic carbocycles. The average Bonchev–Trinajstić information content (AvgIpc) is 2.39. The summed E-state index contributed by atoms with van der Waals surface area (Å²) >= 11 is 8.83. The van der Waals surface area contributed by atoms with Gasteiger partial charge >= 0.3 is 0 Å². The van der Waals surface area contributed by atoms with E-state index in [1.807, 2.05) is 0 Å². The Morgan fingerprint density at radius 1 is 0.875 bits per heavy atom. The van der Waals surface area contributed by atoms with Gasteiger partial charge in [0.15, 0.2) is 0 Å². The molecule has 0 unspecified atom stereocenters. The highest BCUT2D eigenvalue weighted by Gasteiger charge is 2.33. The summed E-state index contributed by atoms with van der Waals surface area (Å²) in [5.41, 5.74) is 2.58. The maximum atomic E-state index is 4.42. The lowest BCUT2D eigenvalue weighted by Crippen LogP contribution is -2.33. The summed E-state index contributed by atoms with van der Waals surface area (Å²) in [5, 5.41) is 0. The number of allylic oxidation sites excluding steroid dienone is 2. The van der Waals surface area contributed by atoms with Crippen LogP contribution < -0.4 is 0 Å². The summed E-state index contributed by atoms with van der Waals surface area (Å²) in [5.74, 6) is 1.10. The van der Waals surface area contributed by atoms with Gasteiger partial charge in [-0.1, -0.05) is 0 Å². The zero-order valence-electron chi connectivity index (χ0n) is 10.9. The van der Waals surface area contributed by atoms with E-state index in [1.165, 1.54) is 11.4 Å². The minimum absolute atomic E-state index is 0.419. The molecule has 0 N–H and O–H groups in total. The molecule has 1 aliphatic heterocycles. The molecule has 0 amide bonds. The molecule has 2 nitrogen and oxygen atoms in total. The van der Waals surface area contributed by atoms with E-state index in [0.29, 0.717) is 12.1 Å². The molecular weight excluding hydrogens is 236 g/mol. The van der Waals surface area contributed by atoms with E-state index in [9.17, 15) is 0 Å². The molecule has 0 fully saturated rings. The molecule has 92 valence electrons. The lowest BCUT2D eigenvalue weighted by atomic mass is 10.3. The van der Waals surface area contributed by atoms with Crippen molar-refractivity contribution in [2.45, 2.75) is 53.6 Å². The van der Waals surface area contributed by atoms with Crippen molar-refractivity contribution in [1.29, 1.82) is 0 Å². The molecule has 0 spiro atoms. The van der Waals surface area contributed by atoms with Gasteiger partial charge in [-0.05, 0) is 41.5 Å². The van der Waals surface area contributed by atoms with Gasteiger partial charge in [-0.25, -0.2) is 0 Å². The van der Waals surface area contributed by atoms with Crippen LogP contribution in [0.25, 0.3) is 0 Å². The van der Waals surface area contributed by atoms with Crippen LogP contribution in [0.1, 0.15) is 41.5 Å². The van der Waals surface area contributed by atoms with Crippen molar-refractivity contribution in [1.82, 2.24) is 9.80 Å². The van der Waals surface area contributed by atoms with Crippen molar-refractivity contribution < 1.29 is 0 Å². The van der Waals surface area contributed by atoms with E-state index < -0.39 is 0 Å².